The molecule has 7 nitrogen and oxygen atoms in total. The van der Waals surface area contributed by atoms with Crippen LogP contribution in [-0.4, -0.2) is 39.3 Å². The lowest BCUT2D eigenvalue weighted by Gasteiger charge is -2.12. The van der Waals surface area contributed by atoms with Crippen LogP contribution in [0.1, 0.15) is 16.1 Å². The summed E-state index contributed by atoms with van der Waals surface area (Å²) in [5, 5.41) is 13.2. The molecule has 0 aliphatic heterocycles. The molecule has 0 aliphatic carbocycles. The molecule has 2 aromatic heterocycles. The largest absolute Gasteiger partial charge is 0.496 e. The van der Waals surface area contributed by atoms with Gasteiger partial charge in [-0.1, -0.05) is 23.2 Å². The van der Waals surface area contributed by atoms with Gasteiger partial charge in [0, 0.05) is 35.8 Å². The molecule has 170 valence electrons. The summed E-state index contributed by atoms with van der Waals surface area (Å²) in [7, 11) is 1.56. The van der Waals surface area contributed by atoms with E-state index in [0.29, 0.717) is 41.4 Å². The molecule has 0 radical (unpaired) electrons. The molecule has 10 heteroatoms. The van der Waals surface area contributed by atoms with E-state index in [-0.39, 0.29) is 21.4 Å². The number of hydrogen-bond acceptors (Lipinski definition) is 5. The Hall–Kier alpha value is -3.36. The van der Waals surface area contributed by atoms with Gasteiger partial charge in [-0.3, -0.25) is 0 Å². The second kappa shape index (κ2) is 9.25. The Bertz CT molecular complexity index is 1350. The molecule has 0 bridgehead atoms. The number of rotatable bonds is 7. The summed E-state index contributed by atoms with van der Waals surface area (Å²) >= 11 is 12.2. The minimum atomic E-state index is -1.21. The molecule has 0 saturated carbocycles. The van der Waals surface area contributed by atoms with E-state index in [1.54, 1.807) is 19.2 Å². The fourth-order valence-corrected chi connectivity index (χ4v) is 4.39. The van der Waals surface area contributed by atoms with Gasteiger partial charge >= 0.3 is 5.97 Å². The number of aromatic nitrogens is 3. The van der Waals surface area contributed by atoms with Crippen molar-refractivity contribution in [1.29, 1.82) is 0 Å². The molecule has 33 heavy (non-hydrogen) atoms. The molecular weight excluding hydrogens is 470 g/mol. The minimum absolute atomic E-state index is 0.0190. The number of aryl methyl sites for hydroxylation is 1. The van der Waals surface area contributed by atoms with E-state index >= 15 is 0 Å². The lowest BCUT2D eigenvalue weighted by atomic mass is 10.1. The van der Waals surface area contributed by atoms with Crippen LogP contribution in [0.4, 0.5) is 10.2 Å². The standard InChI is InChI=1S/C23H19Cl2FN4O3/c1-12-7-14-19(33-2)4-3-17(26)22(14)30(12)6-5-27-20-10-18(28-11-29-20)13-8-15(24)21(23(31)32)16(25)9-13/h3-4,7-11H,5-6H2,1-2H3,(H,31,32)(H,27,28,29). The van der Waals surface area contributed by atoms with Gasteiger partial charge in [-0.05, 0) is 37.3 Å². The van der Waals surface area contributed by atoms with Crippen LogP contribution in [0.3, 0.4) is 0 Å². The number of anilines is 1. The summed E-state index contributed by atoms with van der Waals surface area (Å²) in [4.78, 5) is 19.7. The molecule has 4 aromatic rings. The van der Waals surface area contributed by atoms with E-state index in [0.717, 1.165) is 11.1 Å². The third-order valence-electron chi connectivity index (χ3n) is 5.26. The molecule has 2 aromatic carbocycles. The van der Waals surface area contributed by atoms with Crippen LogP contribution in [0.25, 0.3) is 22.2 Å². The Morgan fingerprint density at radius 2 is 1.91 bits per heavy atom. The van der Waals surface area contributed by atoms with E-state index in [1.807, 2.05) is 17.6 Å². The van der Waals surface area contributed by atoms with Gasteiger partial charge in [0.15, 0.2) is 0 Å². The van der Waals surface area contributed by atoms with Crippen LogP contribution in [0.2, 0.25) is 10.0 Å². The molecule has 0 amide bonds. The molecule has 0 spiro atoms. The van der Waals surface area contributed by atoms with E-state index in [1.165, 1.54) is 24.5 Å². The number of hydrogen-bond donors (Lipinski definition) is 2. The average molecular weight is 489 g/mol. The Morgan fingerprint density at radius 3 is 2.58 bits per heavy atom. The summed E-state index contributed by atoms with van der Waals surface area (Å²) in [6.45, 7) is 2.87. The maximum atomic E-state index is 14.5. The fraction of sp³-hybridized carbons (Fsp3) is 0.174. The first kappa shape index (κ1) is 22.8. The van der Waals surface area contributed by atoms with Gasteiger partial charge in [0.05, 0.1) is 33.9 Å². The van der Waals surface area contributed by atoms with Gasteiger partial charge in [-0.15, -0.1) is 0 Å². The molecular formula is C23H19Cl2FN4O3. The van der Waals surface area contributed by atoms with Crippen molar-refractivity contribution in [3.05, 3.63) is 69.8 Å². The number of carboxylic acids is 1. The lowest BCUT2D eigenvalue weighted by molar-refractivity contribution is 0.0697. The van der Waals surface area contributed by atoms with Crippen LogP contribution in [0.5, 0.6) is 5.75 Å². The number of methoxy groups -OCH3 is 1. The van der Waals surface area contributed by atoms with Gasteiger partial charge in [0.25, 0.3) is 0 Å². The molecule has 0 unspecified atom stereocenters. The van der Waals surface area contributed by atoms with Gasteiger partial charge in [-0.25, -0.2) is 19.2 Å². The number of halogens is 3. The number of fused-ring (bicyclic) bond motifs is 1. The third-order valence-corrected chi connectivity index (χ3v) is 5.85. The molecule has 2 heterocycles. The predicted octanol–water partition coefficient (Wildman–Crippen LogP) is 5.67. The SMILES string of the molecule is COc1ccc(F)c2c1cc(C)n2CCNc1cc(-c2cc(Cl)c(C(=O)O)c(Cl)c2)ncn1. The van der Waals surface area contributed by atoms with Crippen LogP contribution in [-0.2, 0) is 6.54 Å². The predicted molar refractivity (Wildman–Crippen MR) is 126 cm³/mol. The summed E-state index contributed by atoms with van der Waals surface area (Å²) in [5.41, 5.74) is 2.31. The Balaban J connectivity index is 1.54. The van der Waals surface area contributed by atoms with Crippen molar-refractivity contribution >= 4 is 45.9 Å². The second-order valence-corrected chi connectivity index (χ2v) is 8.10. The van der Waals surface area contributed by atoms with Crippen LogP contribution in [0, 0.1) is 12.7 Å². The third kappa shape index (κ3) is 4.44. The monoisotopic (exact) mass is 488 g/mol. The molecule has 0 saturated heterocycles. The first-order valence-electron chi connectivity index (χ1n) is 9.91. The number of carboxylic acid groups (broad SMARTS) is 1. The summed E-state index contributed by atoms with van der Waals surface area (Å²) in [5.74, 6) is -0.361. The van der Waals surface area contributed by atoms with Gasteiger partial charge in [0.1, 0.15) is 23.7 Å². The van der Waals surface area contributed by atoms with Crippen molar-refractivity contribution < 1.29 is 19.0 Å². The van der Waals surface area contributed by atoms with Gasteiger partial charge in [-0.2, -0.15) is 0 Å². The first-order valence-corrected chi connectivity index (χ1v) is 10.7. The van der Waals surface area contributed by atoms with Crippen molar-refractivity contribution in [3.63, 3.8) is 0 Å². The maximum Gasteiger partial charge on any atom is 0.338 e. The second-order valence-electron chi connectivity index (χ2n) is 7.28. The van der Waals surface area contributed by atoms with Crippen molar-refractivity contribution in [2.24, 2.45) is 0 Å². The number of carbonyl (C=O) groups is 1. The van der Waals surface area contributed by atoms with Gasteiger partial charge in [0.2, 0.25) is 0 Å². The average Bonchev–Trinajstić information content (AvgIpc) is 3.10. The molecule has 2 N–H and O–H groups in total. The normalized spacial score (nSPS) is 11.1. The Morgan fingerprint density at radius 1 is 1.18 bits per heavy atom. The number of ether oxygens (including phenoxy) is 1. The molecule has 4 rings (SSSR count). The van der Waals surface area contributed by atoms with Crippen LogP contribution in [0.15, 0.2) is 42.7 Å². The van der Waals surface area contributed by atoms with E-state index in [4.69, 9.17) is 27.9 Å². The highest BCUT2D eigenvalue weighted by Gasteiger charge is 2.17. The highest BCUT2D eigenvalue weighted by atomic mass is 35.5. The van der Waals surface area contributed by atoms with Crippen molar-refractivity contribution in [1.82, 2.24) is 14.5 Å². The van der Waals surface area contributed by atoms with Crippen molar-refractivity contribution in [3.8, 4) is 17.0 Å². The zero-order chi connectivity index (χ0) is 23.7. The number of nitrogens with zero attached hydrogens (tertiary/aromatic N) is 3. The number of nitrogens with one attached hydrogen (secondary N) is 1. The first-order chi connectivity index (χ1) is 15.8. The highest BCUT2D eigenvalue weighted by Crippen LogP contribution is 2.32. The number of aromatic carboxylic acids is 1. The molecule has 0 fully saturated rings. The number of benzene rings is 2. The zero-order valence-corrected chi connectivity index (χ0v) is 19.2. The molecule has 0 atom stereocenters. The smallest absolute Gasteiger partial charge is 0.338 e. The zero-order valence-electron chi connectivity index (χ0n) is 17.7. The topological polar surface area (TPSA) is 89.3 Å². The highest BCUT2D eigenvalue weighted by molar-refractivity contribution is 6.39. The van der Waals surface area contributed by atoms with Crippen molar-refractivity contribution in [2.75, 3.05) is 19.0 Å². The van der Waals surface area contributed by atoms with Crippen molar-refractivity contribution in [2.45, 2.75) is 13.5 Å². The Kier molecular flexibility index (Phi) is 6.40. The Labute approximate surface area is 198 Å². The van der Waals surface area contributed by atoms with Crippen LogP contribution >= 0.6 is 23.2 Å². The van der Waals surface area contributed by atoms with E-state index in [9.17, 15) is 14.3 Å². The molecule has 0 aliphatic rings. The minimum Gasteiger partial charge on any atom is -0.496 e. The summed E-state index contributed by atoms with van der Waals surface area (Å²) in [6.07, 6.45) is 1.38. The maximum absolute atomic E-state index is 14.5. The summed E-state index contributed by atoms with van der Waals surface area (Å²) < 4.78 is 21.8. The van der Waals surface area contributed by atoms with E-state index in [2.05, 4.69) is 15.3 Å². The van der Waals surface area contributed by atoms with Crippen LogP contribution < -0.4 is 10.1 Å². The fourth-order valence-electron chi connectivity index (χ4n) is 3.74. The van der Waals surface area contributed by atoms with Gasteiger partial charge < -0.3 is 19.7 Å². The lowest BCUT2D eigenvalue weighted by Crippen LogP contribution is -2.13. The quantitative estimate of drug-likeness (QED) is 0.348. The van der Waals surface area contributed by atoms with E-state index < -0.39 is 5.97 Å². The summed E-state index contributed by atoms with van der Waals surface area (Å²) in [6, 6.07) is 9.60.